The van der Waals surface area contributed by atoms with Crippen LogP contribution in [0.1, 0.15) is 15.9 Å². The Balaban J connectivity index is 1.86. The van der Waals surface area contributed by atoms with Crippen LogP contribution in [0, 0.1) is 11.3 Å². The van der Waals surface area contributed by atoms with Gasteiger partial charge >= 0.3 is 0 Å². The molecule has 27 heavy (non-hydrogen) atoms. The van der Waals surface area contributed by atoms with Crippen molar-refractivity contribution in [2.24, 2.45) is 0 Å². The van der Waals surface area contributed by atoms with Gasteiger partial charge in [0, 0.05) is 12.0 Å². The van der Waals surface area contributed by atoms with Crippen LogP contribution in [0.3, 0.4) is 0 Å². The zero-order valence-electron chi connectivity index (χ0n) is 14.7. The van der Waals surface area contributed by atoms with E-state index in [-0.39, 0.29) is 18.4 Å². The van der Waals surface area contributed by atoms with E-state index in [0.29, 0.717) is 12.0 Å². The van der Waals surface area contributed by atoms with Gasteiger partial charge in [-0.2, -0.15) is 5.26 Å². The number of nitrogens with one attached hydrogen (secondary N) is 2. The SMILES string of the molecule is N#CCNC(=O)[C@H](Cc1cccc2ccccc12)NC(=O)c1ccccc1. The Hall–Kier alpha value is -3.65. The van der Waals surface area contributed by atoms with Crippen LogP contribution in [-0.2, 0) is 11.2 Å². The Kier molecular flexibility index (Phi) is 5.80. The molecule has 0 aromatic heterocycles. The molecule has 0 aliphatic carbocycles. The number of carbonyl (C=O) groups is 2. The highest BCUT2D eigenvalue weighted by Gasteiger charge is 2.22. The number of fused-ring (bicyclic) bond motifs is 1. The van der Waals surface area contributed by atoms with E-state index >= 15 is 0 Å². The fourth-order valence-corrected chi connectivity index (χ4v) is 2.98. The maximum atomic E-state index is 12.5. The summed E-state index contributed by atoms with van der Waals surface area (Å²) in [5, 5.41) is 16.2. The predicted octanol–water partition coefficient (Wildman–Crippen LogP) is 2.82. The molecule has 5 heteroatoms. The zero-order chi connectivity index (χ0) is 19.1. The molecule has 0 saturated carbocycles. The van der Waals surface area contributed by atoms with E-state index in [9.17, 15) is 9.59 Å². The molecule has 1 atom stereocenters. The lowest BCUT2D eigenvalue weighted by molar-refractivity contribution is -0.122. The minimum Gasteiger partial charge on any atom is -0.341 e. The first-order chi connectivity index (χ1) is 13.2. The van der Waals surface area contributed by atoms with Crippen LogP contribution < -0.4 is 10.6 Å². The first-order valence-electron chi connectivity index (χ1n) is 8.66. The largest absolute Gasteiger partial charge is 0.341 e. The predicted molar refractivity (Wildman–Crippen MR) is 104 cm³/mol. The standard InChI is InChI=1S/C22H19N3O2/c23-13-14-24-22(27)20(25-21(26)17-8-2-1-3-9-17)15-18-11-6-10-16-7-4-5-12-19(16)18/h1-12,20H,14-15H2,(H,24,27)(H,25,26)/t20-/m0/s1. The summed E-state index contributed by atoms with van der Waals surface area (Å²) < 4.78 is 0. The highest BCUT2D eigenvalue weighted by atomic mass is 16.2. The molecule has 0 aliphatic rings. The summed E-state index contributed by atoms with van der Waals surface area (Å²) in [6, 6.07) is 23.6. The topological polar surface area (TPSA) is 82.0 Å². The monoisotopic (exact) mass is 357 g/mol. The number of nitriles is 1. The fourth-order valence-electron chi connectivity index (χ4n) is 2.98. The van der Waals surface area contributed by atoms with E-state index in [4.69, 9.17) is 5.26 Å². The minimum absolute atomic E-state index is 0.105. The third-order valence-corrected chi connectivity index (χ3v) is 4.30. The maximum Gasteiger partial charge on any atom is 0.251 e. The van der Waals surface area contributed by atoms with Crippen molar-refractivity contribution in [1.82, 2.24) is 10.6 Å². The van der Waals surface area contributed by atoms with E-state index in [1.807, 2.05) is 54.6 Å². The second kappa shape index (κ2) is 8.63. The van der Waals surface area contributed by atoms with E-state index in [1.54, 1.807) is 24.3 Å². The number of nitrogens with zero attached hydrogens (tertiary/aromatic N) is 1. The number of amides is 2. The summed E-state index contributed by atoms with van der Waals surface area (Å²) in [7, 11) is 0. The van der Waals surface area contributed by atoms with Crippen molar-refractivity contribution in [2.75, 3.05) is 6.54 Å². The van der Waals surface area contributed by atoms with Crippen molar-refractivity contribution in [1.29, 1.82) is 5.26 Å². The summed E-state index contributed by atoms with van der Waals surface area (Å²) in [5.74, 6) is -0.707. The smallest absolute Gasteiger partial charge is 0.251 e. The van der Waals surface area contributed by atoms with Crippen molar-refractivity contribution in [2.45, 2.75) is 12.5 Å². The molecule has 5 nitrogen and oxygen atoms in total. The van der Waals surface area contributed by atoms with Gasteiger partial charge in [0.15, 0.2) is 0 Å². The van der Waals surface area contributed by atoms with Crippen molar-refractivity contribution in [3.8, 4) is 6.07 Å². The lowest BCUT2D eigenvalue weighted by Crippen LogP contribution is -2.48. The van der Waals surface area contributed by atoms with Gasteiger partial charge in [0.05, 0.1) is 6.07 Å². The Morgan fingerprint density at radius 3 is 2.41 bits per heavy atom. The molecule has 0 unspecified atom stereocenters. The van der Waals surface area contributed by atoms with Gasteiger partial charge in [-0.1, -0.05) is 60.7 Å². The molecule has 134 valence electrons. The van der Waals surface area contributed by atoms with Gasteiger partial charge in [-0.25, -0.2) is 0 Å². The van der Waals surface area contributed by atoms with Crippen molar-refractivity contribution >= 4 is 22.6 Å². The lowest BCUT2D eigenvalue weighted by atomic mass is 9.98. The molecule has 3 rings (SSSR count). The van der Waals surface area contributed by atoms with Crippen molar-refractivity contribution in [3.05, 3.63) is 83.9 Å². The molecule has 2 N–H and O–H groups in total. The van der Waals surface area contributed by atoms with E-state index in [0.717, 1.165) is 16.3 Å². The summed E-state index contributed by atoms with van der Waals surface area (Å²) >= 11 is 0. The first-order valence-corrected chi connectivity index (χ1v) is 8.66. The average molecular weight is 357 g/mol. The number of rotatable bonds is 6. The van der Waals surface area contributed by atoms with Gasteiger partial charge in [-0.15, -0.1) is 0 Å². The molecular weight excluding hydrogens is 338 g/mol. The van der Waals surface area contributed by atoms with Crippen LogP contribution in [0.5, 0.6) is 0 Å². The number of hydrogen-bond donors (Lipinski definition) is 2. The highest BCUT2D eigenvalue weighted by Crippen LogP contribution is 2.20. The van der Waals surface area contributed by atoms with Crippen molar-refractivity contribution in [3.63, 3.8) is 0 Å². The molecule has 0 radical (unpaired) electrons. The Bertz CT molecular complexity index is 988. The summed E-state index contributed by atoms with van der Waals surface area (Å²) in [4.78, 5) is 25.1. The van der Waals surface area contributed by atoms with E-state index in [1.165, 1.54) is 0 Å². The Morgan fingerprint density at radius 1 is 0.926 bits per heavy atom. The quantitative estimate of drug-likeness (QED) is 0.666. The highest BCUT2D eigenvalue weighted by molar-refractivity contribution is 5.98. The fraction of sp³-hybridized carbons (Fsp3) is 0.136. The van der Waals surface area contributed by atoms with Gasteiger partial charge in [0.25, 0.3) is 5.91 Å². The molecule has 2 amide bonds. The van der Waals surface area contributed by atoms with Crippen LogP contribution in [0.15, 0.2) is 72.8 Å². The number of hydrogen-bond acceptors (Lipinski definition) is 3. The molecule has 0 saturated heterocycles. The molecule has 0 bridgehead atoms. The van der Waals surface area contributed by atoms with Crippen LogP contribution in [-0.4, -0.2) is 24.4 Å². The van der Waals surface area contributed by atoms with Crippen LogP contribution in [0.2, 0.25) is 0 Å². The third kappa shape index (κ3) is 4.50. The molecular formula is C22H19N3O2. The van der Waals surface area contributed by atoms with Gasteiger partial charge in [-0.3, -0.25) is 9.59 Å². The lowest BCUT2D eigenvalue weighted by Gasteiger charge is -2.19. The third-order valence-electron chi connectivity index (χ3n) is 4.30. The zero-order valence-corrected chi connectivity index (χ0v) is 14.7. The van der Waals surface area contributed by atoms with Gasteiger partial charge in [0.2, 0.25) is 5.91 Å². The summed E-state index contributed by atoms with van der Waals surface area (Å²) in [5.41, 5.74) is 1.44. The minimum atomic E-state index is -0.781. The normalized spacial score (nSPS) is 11.4. The van der Waals surface area contributed by atoms with Gasteiger partial charge in [0.1, 0.15) is 12.6 Å². The molecule has 3 aromatic rings. The van der Waals surface area contributed by atoms with E-state index < -0.39 is 6.04 Å². The number of carbonyl (C=O) groups excluding carboxylic acids is 2. The molecule has 3 aromatic carbocycles. The molecule has 0 aliphatic heterocycles. The molecule has 0 heterocycles. The molecule has 0 fully saturated rings. The Morgan fingerprint density at radius 2 is 1.63 bits per heavy atom. The van der Waals surface area contributed by atoms with Crippen LogP contribution >= 0.6 is 0 Å². The van der Waals surface area contributed by atoms with Gasteiger partial charge < -0.3 is 10.6 Å². The van der Waals surface area contributed by atoms with E-state index in [2.05, 4.69) is 10.6 Å². The number of benzene rings is 3. The van der Waals surface area contributed by atoms with Crippen LogP contribution in [0.25, 0.3) is 10.8 Å². The van der Waals surface area contributed by atoms with Gasteiger partial charge in [-0.05, 0) is 28.5 Å². The second-order valence-corrected chi connectivity index (χ2v) is 6.11. The van der Waals surface area contributed by atoms with Crippen molar-refractivity contribution < 1.29 is 9.59 Å². The second-order valence-electron chi connectivity index (χ2n) is 6.11. The molecule has 0 spiro atoms. The summed E-state index contributed by atoms with van der Waals surface area (Å²) in [6.07, 6.45) is 0.331. The Labute approximate surface area is 157 Å². The average Bonchev–Trinajstić information content (AvgIpc) is 2.72. The first kappa shape index (κ1) is 18.2. The van der Waals surface area contributed by atoms with Crippen LogP contribution in [0.4, 0.5) is 0 Å². The maximum absolute atomic E-state index is 12.5. The summed E-state index contributed by atoms with van der Waals surface area (Å²) in [6.45, 7) is -0.105.